The molecule has 18 heavy (non-hydrogen) atoms. The second kappa shape index (κ2) is 4.82. The van der Waals surface area contributed by atoms with E-state index in [1.54, 1.807) is 24.3 Å². The molecule has 96 valence electrons. The van der Waals surface area contributed by atoms with Crippen LogP contribution in [0, 0.1) is 0 Å². The largest absolute Gasteiger partial charge is 0.422 e. The SMILES string of the molecule is CC1(C)OC(=O)C(Sc2ccc(Cl)cc2)C(=O)O1. The van der Waals surface area contributed by atoms with Gasteiger partial charge in [-0.25, -0.2) is 0 Å². The van der Waals surface area contributed by atoms with E-state index in [0.29, 0.717) is 5.02 Å². The summed E-state index contributed by atoms with van der Waals surface area (Å²) in [7, 11) is 0. The van der Waals surface area contributed by atoms with Gasteiger partial charge < -0.3 is 9.47 Å². The van der Waals surface area contributed by atoms with Crippen molar-refractivity contribution < 1.29 is 19.1 Å². The number of thioether (sulfide) groups is 1. The second-order valence-electron chi connectivity index (χ2n) is 4.19. The summed E-state index contributed by atoms with van der Waals surface area (Å²) in [6, 6.07) is 6.83. The van der Waals surface area contributed by atoms with Gasteiger partial charge in [0.1, 0.15) is 0 Å². The van der Waals surface area contributed by atoms with Gasteiger partial charge in [-0.05, 0) is 24.3 Å². The third-order valence-electron chi connectivity index (χ3n) is 2.19. The predicted molar refractivity (Wildman–Crippen MR) is 67.4 cm³/mol. The van der Waals surface area contributed by atoms with Crippen molar-refractivity contribution in [3.05, 3.63) is 29.3 Å². The van der Waals surface area contributed by atoms with Gasteiger partial charge in [0.25, 0.3) is 5.79 Å². The van der Waals surface area contributed by atoms with Crippen molar-refractivity contribution >= 4 is 35.3 Å². The molecular weight excluding hydrogens is 276 g/mol. The van der Waals surface area contributed by atoms with Crippen LogP contribution in [0.1, 0.15) is 13.8 Å². The molecule has 1 aliphatic heterocycles. The number of carbonyl (C=O) groups is 2. The quantitative estimate of drug-likeness (QED) is 0.618. The fourth-order valence-corrected chi connectivity index (χ4v) is 2.43. The van der Waals surface area contributed by atoms with Crippen LogP contribution in [0.3, 0.4) is 0 Å². The zero-order chi connectivity index (χ0) is 13.3. The summed E-state index contributed by atoms with van der Waals surface area (Å²) in [6.07, 6.45) is 0. The van der Waals surface area contributed by atoms with Crippen LogP contribution in [0.2, 0.25) is 5.02 Å². The highest BCUT2D eigenvalue weighted by Gasteiger charge is 2.43. The summed E-state index contributed by atoms with van der Waals surface area (Å²) < 4.78 is 10.0. The zero-order valence-electron chi connectivity index (χ0n) is 9.81. The van der Waals surface area contributed by atoms with Gasteiger partial charge in [-0.1, -0.05) is 23.4 Å². The maximum Gasteiger partial charge on any atom is 0.334 e. The summed E-state index contributed by atoms with van der Waals surface area (Å²) in [5.41, 5.74) is 0. The number of ether oxygens (including phenoxy) is 2. The molecule has 1 heterocycles. The minimum Gasteiger partial charge on any atom is -0.422 e. The van der Waals surface area contributed by atoms with Crippen LogP contribution in [0.15, 0.2) is 29.2 Å². The van der Waals surface area contributed by atoms with Gasteiger partial charge in [0.2, 0.25) is 5.25 Å². The Kier molecular flexibility index (Phi) is 3.54. The molecule has 0 spiro atoms. The van der Waals surface area contributed by atoms with Crippen molar-refractivity contribution in [2.75, 3.05) is 0 Å². The van der Waals surface area contributed by atoms with Crippen LogP contribution < -0.4 is 0 Å². The van der Waals surface area contributed by atoms with Crippen molar-refractivity contribution in [2.45, 2.75) is 29.8 Å². The highest BCUT2D eigenvalue weighted by Crippen LogP contribution is 2.31. The summed E-state index contributed by atoms with van der Waals surface area (Å²) in [5.74, 6) is -2.36. The van der Waals surface area contributed by atoms with Gasteiger partial charge in [-0.2, -0.15) is 0 Å². The van der Waals surface area contributed by atoms with E-state index in [4.69, 9.17) is 21.1 Å². The number of hydrogen-bond acceptors (Lipinski definition) is 5. The topological polar surface area (TPSA) is 52.6 Å². The van der Waals surface area contributed by atoms with E-state index in [0.717, 1.165) is 16.7 Å². The van der Waals surface area contributed by atoms with Crippen LogP contribution >= 0.6 is 23.4 Å². The molecule has 0 radical (unpaired) electrons. The van der Waals surface area contributed by atoms with Crippen molar-refractivity contribution in [3.8, 4) is 0 Å². The van der Waals surface area contributed by atoms with E-state index >= 15 is 0 Å². The molecule has 1 aliphatic rings. The Hall–Kier alpha value is -1.20. The van der Waals surface area contributed by atoms with E-state index in [1.807, 2.05) is 0 Å². The number of esters is 2. The summed E-state index contributed by atoms with van der Waals surface area (Å²) in [4.78, 5) is 24.2. The van der Waals surface area contributed by atoms with Gasteiger partial charge in [-0.3, -0.25) is 9.59 Å². The van der Waals surface area contributed by atoms with Crippen molar-refractivity contribution in [3.63, 3.8) is 0 Å². The molecular formula is C12H11ClO4S. The average molecular weight is 287 g/mol. The molecule has 0 unspecified atom stereocenters. The molecule has 0 aliphatic carbocycles. The van der Waals surface area contributed by atoms with Crippen molar-refractivity contribution in [1.82, 2.24) is 0 Å². The third kappa shape index (κ3) is 2.97. The normalized spacial score (nSPS) is 19.3. The highest BCUT2D eigenvalue weighted by atomic mass is 35.5. The third-order valence-corrected chi connectivity index (χ3v) is 3.61. The number of benzene rings is 1. The lowest BCUT2D eigenvalue weighted by Gasteiger charge is -2.32. The van der Waals surface area contributed by atoms with Crippen molar-refractivity contribution in [1.29, 1.82) is 0 Å². The summed E-state index contributed by atoms with van der Waals surface area (Å²) in [5, 5.41) is -0.395. The minimum atomic E-state index is -1.19. The standard InChI is InChI=1S/C12H11ClO4S/c1-12(2)16-10(14)9(11(15)17-12)18-8-5-3-7(13)4-6-8/h3-6,9H,1-2H3. The maximum atomic E-state index is 11.7. The molecule has 1 saturated heterocycles. The van der Waals surface area contributed by atoms with E-state index in [9.17, 15) is 9.59 Å². The van der Waals surface area contributed by atoms with Crippen LogP contribution in [-0.2, 0) is 19.1 Å². The Morgan fingerprint density at radius 2 is 1.61 bits per heavy atom. The lowest BCUT2D eigenvalue weighted by Crippen LogP contribution is -2.47. The molecule has 0 bridgehead atoms. The Morgan fingerprint density at radius 3 is 2.11 bits per heavy atom. The van der Waals surface area contributed by atoms with E-state index in [-0.39, 0.29) is 0 Å². The Bertz CT molecular complexity index is 463. The molecule has 2 rings (SSSR count). The van der Waals surface area contributed by atoms with Crippen LogP contribution in [0.5, 0.6) is 0 Å². The number of carbonyl (C=O) groups excluding carboxylic acids is 2. The van der Waals surface area contributed by atoms with E-state index in [2.05, 4.69) is 0 Å². The first kappa shape index (κ1) is 13.2. The fraction of sp³-hybridized carbons (Fsp3) is 0.333. The van der Waals surface area contributed by atoms with Crippen LogP contribution in [-0.4, -0.2) is 23.0 Å². The minimum absolute atomic E-state index is 0.587. The number of halogens is 1. The van der Waals surface area contributed by atoms with Crippen molar-refractivity contribution in [2.24, 2.45) is 0 Å². The first-order chi connectivity index (χ1) is 8.37. The van der Waals surface area contributed by atoms with Crippen LogP contribution in [0.4, 0.5) is 0 Å². The molecule has 0 amide bonds. The number of cyclic esters (lactones) is 2. The maximum absolute atomic E-state index is 11.7. The van der Waals surface area contributed by atoms with Gasteiger partial charge in [0.15, 0.2) is 0 Å². The molecule has 1 aromatic rings. The smallest absolute Gasteiger partial charge is 0.334 e. The average Bonchev–Trinajstić information content (AvgIpc) is 2.24. The number of rotatable bonds is 2. The molecule has 6 heteroatoms. The van der Waals surface area contributed by atoms with Gasteiger partial charge in [0, 0.05) is 23.8 Å². The highest BCUT2D eigenvalue weighted by molar-refractivity contribution is 8.01. The first-order valence-corrected chi connectivity index (χ1v) is 6.51. The lowest BCUT2D eigenvalue weighted by molar-refractivity contribution is -0.230. The van der Waals surface area contributed by atoms with Gasteiger partial charge >= 0.3 is 11.9 Å². The van der Waals surface area contributed by atoms with Gasteiger partial charge in [0.05, 0.1) is 0 Å². The van der Waals surface area contributed by atoms with E-state index in [1.165, 1.54) is 13.8 Å². The first-order valence-electron chi connectivity index (χ1n) is 5.25. The monoisotopic (exact) mass is 286 g/mol. The zero-order valence-corrected chi connectivity index (χ0v) is 11.4. The summed E-state index contributed by atoms with van der Waals surface area (Å²) in [6.45, 7) is 3.04. The molecule has 0 atom stereocenters. The molecule has 0 aromatic heterocycles. The Labute approximate surface area is 114 Å². The van der Waals surface area contributed by atoms with E-state index < -0.39 is 23.0 Å². The Balaban J connectivity index is 2.12. The lowest BCUT2D eigenvalue weighted by atomic mass is 10.3. The Morgan fingerprint density at radius 1 is 1.11 bits per heavy atom. The molecule has 1 aromatic carbocycles. The van der Waals surface area contributed by atoms with Crippen LogP contribution in [0.25, 0.3) is 0 Å². The molecule has 4 nitrogen and oxygen atoms in total. The fourth-order valence-electron chi connectivity index (χ4n) is 1.45. The predicted octanol–water partition coefficient (Wildman–Crippen LogP) is 2.64. The summed E-state index contributed by atoms with van der Waals surface area (Å²) >= 11 is 6.84. The second-order valence-corrected chi connectivity index (χ2v) is 5.81. The number of hydrogen-bond donors (Lipinski definition) is 0. The van der Waals surface area contributed by atoms with Gasteiger partial charge in [-0.15, -0.1) is 0 Å². The molecule has 0 saturated carbocycles. The molecule has 1 fully saturated rings. The molecule has 0 N–H and O–H groups in total.